The van der Waals surface area contributed by atoms with Crippen molar-refractivity contribution in [3.8, 4) is 0 Å². The smallest absolute Gasteiger partial charge is 0.127 e. The van der Waals surface area contributed by atoms with Gasteiger partial charge in [0.05, 0.1) is 0 Å². The van der Waals surface area contributed by atoms with E-state index in [0.717, 1.165) is 24.9 Å². The summed E-state index contributed by atoms with van der Waals surface area (Å²) in [5.74, 6) is -0.105. The summed E-state index contributed by atoms with van der Waals surface area (Å²) < 4.78 is 13.5. The molecule has 1 saturated heterocycles. The Kier molecular flexibility index (Phi) is 3.34. The SMILES string of the molecule is CN[C@@H]1CCN[C@H](c2ccccc2F)C1. The summed E-state index contributed by atoms with van der Waals surface area (Å²) in [6.07, 6.45) is 2.07. The Bertz CT molecular complexity index is 327. The van der Waals surface area contributed by atoms with E-state index in [1.165, 1.54) is 6.07 Å². The zero-order chi connectivity index (χ0) is 10.7. The molecule has 15 heavy (non-hydrogen) atoms. The van der Waals surface area contributed by atoms with Crippen LogP contribution < -0.4 is 10.6 Å². The van der Waals surface area contributed by atoms with E-state index in [1.807, 2.05) is 19.2 Å². The van der Waals surface area contributed by atoms with Crippen LogP contribution >= 0.6 is 0 Å². The molecule has 0 radical (unpaired) electrons. The number of rotatable bonds is 2. The molecule has 0 unspecified atom stereocenters. The fourth-order valence-corrected chi connectivity index (χ4v) is 2.17. The van der Waals surface area contributed by atoms with Crippen LogP contribution in [-0.2, 0) is 0 Å². The summed E-state index contributed by atoms with van der Waals surface area (Å²) in [7, 11) is 1.97. The quantitative estimate of drug-likeness (QED) is 0.775. The highest BCUT2D eigenvalue weighted by atomic mass is 19.1. The fourth-order valence-electron chi connectivity index (χ4n) is 2.17. The van der Waals surface area contributed by atoms with E-state index < -0.39 is 0 Å². The molecule has 2 nitrogen and oxygen atoms in total. The maximum Gasteiger partial charge on any atom is 0.127 e. The first kappa shape index (κ1) is 10.6. The van der Waals surface area contributed by atoms with Crippen molar-refractivity contribution in [3.63, 3.8) is 0 Å². The van der Waals surface area contributed by atoms with Crippen LogP contribution in [0.1, 0.15) is 24.4 Å². The van der Waals surface area contributed by atoms with Gasteiger partial charge >= 0.3 is 0 Å². The molecule has 2 N–H and O–H groups in total. The van der Waals surface area contributed by atoms with Crippen LogP contribution in [0.15, 0.2) is 24.3 Å². The van der Waals surface area contributed by atoms with Crippen molar-refractivity contribution in [2.24, 2.45) is 0 Å². The summed E-state index contributed by atoms with van der Waals surface area (Å²) in [4.78, 5) is 0. The van der Waals surface area contributed by atoms with Crippen LogP contribution in [0.25, 0.3) is 0 Å². The standard InChI is InChI=1S/C12H17FN2/c1-14-9-6-7-15-12(8-9)10-4-2-3-5-11(10)13/h2-5,9,12,14-15H,6-8H2,1H3/t9-,12+/m1/s1. The minimum atomic E-state index is -0.105. The minimum absolute atomic E-state index is 0.105. The third kappa shape index (κ3) is 2.36. The number of hydrogen-bond donors (Lipinski definition) is 2. The molecular weight excluding hydrogens is 191 g/mol. The van der Waals surface area contributed by atoms with Gasteiger partial charge in [-0.25, -0.2) is 4.39 Å². The van der Waals surface area contributed by atoms with Gasteiger partial charge in [-0.2, -0.15) is 0 Å². The maximum atomic E-state index is 13.5. The van der Waals surface area contributed by atoms with E-state index in [4.69, 9.17) is 0 Å². The van der Waals surface area contributed by atoms with E-state index >= 15 is 0 Å². The molecule has 0 spiro atoms. The van der Waals surface area contributed by atoms with Crippen molar-refractivity contribution in [1.82, 2.24) is 10.6 Å². The van der Waals surface area contributed by atoms with Gasteiger partial charge in [-0.1, -0.05) is 18.2 Å². The molecule has 1 aromatic carbocycles. The van der Waals surface area contributed by atoms with Gasteiger partial charge in [0, 0.05) is 17.6 Å². The summed E-state index contributed by atoms with van der Waals surface area (Å²) in [5, 5.41) is 6.62. The first-order valence-corrected chi connectivity index (χ1v) is 5.46. The second kappa shape index (κ2) is 4.73. The zero-order valence-corrected chi connectivity index (χ0v) is 8.96. The van der Waals surface area contributed by atoms with E-state index in [9.17, 15) is 4.39 Å². The Hall–Kier alpha value is -0.930. The molecule has 1 fully saturated rings. The lowest BCUT2D eigenvalue weighted by atomic mass is 9.93. The van der Waals surface area contributed by atoms with Crippen LogP contribution in [0.5, 0.6) is 0 Å². The molecule has 1 aliphatic heterocycles. The first-order valence-electron chi connectivity index (χ1n) is 5.46. The second-order valence-corrected chi connectivity index (χ2v) is 4.04. The Morgan fingerprint density at radius 1 is 1.40 bits per heavy atom. The number of hydrogen-bond acceptors (Lipinski definition) is 2. The molecule has 0 aliphatic carbocycles. The summed E-state index contributed by atoms with van der Waals surface area (Å²) in [6, 6.07) is 7.67. The average molecular weight is 208 g/mol. The van der Waals surface area contributed by atoms with Crippen LogP contribution in [0.2, 0.25) is 0 Å². The van der Waals surface area contributed by atoms with Gasteiger partial charge in [-0.15, -0.1) is 0 Å². The predicted octanol–water partition coefficient (Wildman–Crippen LogP) is 1.84. The molecule has 0 aromatic heterocycles. The van der Waals surface area contributed by atoms with Crippen molar-refractivity contribution in [2.75, 3.05) is 13.6 Å². The highest BCUT2D eigenvalue weighted by Gasteiger charge is 2.23. The third-order valence-electron chi connectivity index (χ3n) is 3.09. The van der Waals surface area contributed by atoms with Gasteiger partial charge in [-0.3, -0.25) is 0 Å². The largest absolute Gasteiger partial charge is 0.317 e. The molecule has 2 rings (SSSR count). The Labute approximate surface area is 89.9 Å². The van der Waals surface area contributed by atoms with E-state index in [2.05, 4.69) is 10.6 Å². The van der Waals surface area contributed by atoms with Crippen molar-refractivity contribution >= 4 is 0 Å². The molecule has 1 heterocycles. The number of nitrogens with one attached hydrogen (secondary N) is 2. The van der Waals surface area contributed by atoms with Crippen LogP contribution in [0, 0.1) is 5.82 Å². The Balaban J connectivity index is 2.13. The fraction of sp³-hybridized carbons (Fsp3) is 0.500. The molecule has 0 bridgehead atoms. The molecule has 1 aliphatic rings. The lowest BCUT2D eigenvalue weighted by molar-refractivity contribution is 0.330. The minimum Gasteiger partial charge on any atom is -0.317 e. The van der Waals surface area contributed by atoms with Crippen molar-refractivity contribution < 1.29 is 4.39 Å². The molecule has 2 atom stereocenters. The number of halogens is 1. The van der Waals surface area contributed by atoms with E-state index in [1.54, 1.807) is 6.07 Å². The number of benzene rings is 1. The summed E-state index contributed by atoms with van der Waals surface area (Å²) in [6.45, 7) is 0.949. The number of piperidine rings is 1. The molecule has 1 aromatic rings. The monoisotopic (exact) mass is 208 g/mol. The van der Waals surface area contributed by atoms with Gasteiger partial charge in [0.25, 0.3) is 0 Å². The van der Waals surface area contributed by atoms with E-state index in [0.29, 0.717) is 6.04 Å². The molecular formula is C12H17FN2. The summed E-state index contributed by atoms with van der Waals surface area (Å²) in [5.41, 5.74) is 0.789. The average Bonchev–Trinajstić information content (AvgIpc) is 2.30. The van der Waals surface area contributed by atoms with Gasteiger partial charge < -0.3 is 10.6 Å². The van der Waals surface area contributed by atoms with Crippen molar-refractivity contribution in [2.45, 2.75) is 24.9 Å². The second-order valence-electron chi connectivity index (χ2n) is 4.04. The van der Waals surface area contributed by atoms with Crippen LogP contribution in [0.4, 0.5) is 4.39 Å². The lowest BCUT2D eigenvalue weighted by Gasteiger charge is -2.30. The van der Waals surface area contributed by atoms with Crippen molar-refractivity contribution in [1.29, 1.82) is 0 Å². The molecule has 0 amide bonds. The Morgan fingerprint density at radius 2 is 2.20 bits per heavy atom. The van der Waals surface area contributed by atoms with Gasteiger partial charge in [0.1, 0.15) is 5.82 Å². The summed E-state index contributed by atoms with van der Waals surface area (Å²) >= 11 is 0. The topological polar surface area (TPSA) is 24.1 Å². The van der Waals surface area contributed by atoms with Gasteiger partial charge in [0.2, 0.25) is 0 Å². The first-order chi connectivity index (χ1) is 7.31. The Morgan fingerprint density at radius 3 is 2.93 bits per heavy atom. The lowest BCUT2D eigenvalue weighted by Crippen LogP contribution is -2.40. The zero-order valence-electron chi connectivity index (χ0n) is 8.96. The van der Waals surface area contributed by atoms with Crippen molar-refractivity contribution in [3.05, 3.63) is 35.6 Å². The molecule has 82 valence electrons. The van der Waals surface area contributed by atoms with Crippen LogP contribution in [0.3, 0.4) is 0 Å². The highest BCUT2D eigenvalue weighted by Crippen LogP contribution is 2.24. The van der Waals surface area contributed by atoms with Gasteiger partial charge in [0.15, 0.2) is 0 Å². The molecule has 0 saturated carbocycles. The van der Waals surface area contributed by atoms with Crippen LogP contribution in [-0.4, -0.2) is 19.6 Å². The van der Waals surface area contributed by atoms with E-state index in [-0.39, 0.29) is 11.9 Å². The molecule has 3 heteroatoms. The predicted molar refractivity (Wildman–Crippen MR) is 59.2 cm³/mol. The van der Waals surface area contributed by atoms with Gasteiger partial charge in [-0.05, 0) is 32.5 Å². The normalized spacial score (nSPS) is 26.5. The highest BCUT2D eigenvalue weighted by molar-refractivity contribution is 5.22. The third-order valence-corrected chi connectivity index (χ3v) is 3.09. The maximum absolute atomic E-state index is 13.5.